The van der Waals surface area contributed by atoms with Crippen LogP contribution >= 0.6 is 0 Å². The molecular formula is C12H18N2O4. The number of unbranched alkanes of at least 4 members (excludes halogenated alkanes) is 1. The maximum absolute atomic E-state index is 10.9. The number of nitrogens with zero attached hydrogens (tertiary/aromatic N) is 1. The van der Waals surface area contributed by atoms with Gasteiger partial charge in [0.1, 0.15) is 11.4 Å². The first kappa shape index (κ1) is 14.2. The van der Waals surface area contributed by atoms with E-state index in [0.717, 1.165) is 12.8 Å². The molecule has 0 fully saturated rings. The quantitative estimate of drug-likeness (QED) is 0.438. The van der Waals surface area contributed by atoms with E-state index in [1.165, 1.54) is 13.2 Å². The molecule has 6 heteroatoms. The van der Waals surface area contributed by atoms with E-state index in [-0.39, 0.29) is 5.69 Å². The minimum Gasteiger partial charge on any atom is -0.496 e. The summed E-state index contributed by atoms with van der Waals surface area (Å²) in [5.74, 6) is 0.478. The highest BCUT2D eigenvalue weighted by atomic mass is 16.6. The van der Waals surface area contributed by atoms with Gasteiger partial charge in [0.2, 0.25) is 0 Å². The zero-order chi connectivity index (χ0) is 13.4. The van der Waals surface area contributed by atoms with E-state index in [0.29, 0.717) is 24.6 Å². The standard InChI is InChI=1S/C12H18N2O4/c1-17-8-4-3-7-13-11-6-5-10(18-2)9-12(11)14(15)16/h5-6,9,13H,3-4,7-8H2,1-2H3. The number of nitro benzene ring substituents is 1. The van der Waals surface area contributed by atoms with Gasteiger partial charge in [0, 0.05) is 20.3 Å². The van der Waals surface area contributed by atoms with Crippen molar-refractivity contribution < 1.29 is 14.4 Å². The van der Waals surface area contributed by atoms with Crippen molar-refractivity contribution in [1.29, 1.82) is 0 Å². The second-order valence-electron chi connectivity index (χ2n) is 3.77. The van der Waals surface area contributed by atoms with Gasteiger partial charge in [-0.05, 0) is 25.0 Å². The first-order valence-electron chi connectivity index (χ1n) is 5.74. The fraction of sp³-hybridized carbons (Fsp3) is 0.500. The van der Waals surface area contributed by atoms with Gasteiger partial charge in [0.25, 0.3) is 5.69 Å². The molecule has 0 aliphatic heterocycles. The largest absolute Gasteiger partial charge is 0.496 e. The van der Waals surface area contributed by atoms with Crippen molar-refractivity contribution in [2.45, 2.75) is 12.8 Å². The van der Waals surface area contributed by atoms with Gasteiger partial charge < -0.3 is 14.8 Å². The number of benzene rings is 1. The molecule has 1 rings (SSSR count). The summed E-state index contributed by atoms with van der Waals surface area (Å²) in [5, 5.41) is 14.0. The number of methoxy groups -OCH3 is 2. The van der Waals surface area contributed by atoms with E-state index in [2.05, 4.69) is 5.32 Å². The van der Waals surface area contributed by atoms with E-state index in [1.54, 1.807) is 19.2 Å². The molecule has 0 heterocycles. The van der Waals surface area contributed by atoms with Crippen LogP contribution in [0.4, 0.5) is 11.4 Å². The molecule has 0 atom stereocenters. The molecule has 0 saturated heterocycles. The van der Waals surface area contributed by atoms with Crippen molar-refractivity contribution >= 4 is 11.4 Å². The number of hydrogen-bond donors (Lipinski definition) is 1. The average molecular weight is 254 g/mol. The van der Waals surface area contributed by atoms with Gasteiger partial charge >= 0.3 is 0 Å². The van der Waals surface area contributed by atoms with Crippen LogP contribution in [0, 0.1) is 10.1 Å². The SMILES string of the molecule is COCCCCNc1ccc(OC)cc1[N+](=O)[O-]. The maximum Gasteiger partial charge on any atom is 0.296 e. The summed E-state index contributed by atoms with van der Waals surface area (Å²) < 4.78 is 9.90. The van der Waals surface area contributed by atoms with Crippen molar-refractivity contribution in [3.05, 3.63) is 28.3 Å². The first-order chi connectivity index (χ1) is 8.69. The van der Waals surface area contributed by atoms with Gasteiger partial charge in [-0.15, -0.1) is 0 Å². The highest BCUT2D eigenvalue weighted by Gasteiger charge is 2.14. The molecule has 0 spiro atoms. The van der Waals surface area contributed by atoms with Gasteiger partial charge in [-0.3, -0.25) is 10.1 Å². The summed E-state index contributed by atoms with van der Waals surface area (Å²) in [7, 11) is 3.14. The van der Waals surface area contributed by atoms with Crippen LogP contribution in [0.25, 0.3) is 0 Å². The van der Waals surface area contributed by atoms with Crippen LogP contribution in [0.15, 0.2) is 18.2 Å². The Kier molecular flexibility index (Phi) is 5.93. The van der Waals surface area contributed by atoms with Crippen molar-refractivity contribution in [2.24, 2.45) is 0 Å². The number of hydrogen-bond acceptors (Lipinski definition) is 5. The van der Waals surface area contributed by atoms with Crippen molar-refractivity contribution in [1.82, 2.24) is 0 Å². The Morgan fingerprint density at radius 1 is 1.33 bits per heavy atom. The van der Waals surface area contributed by atoms with Gasteiger partial charge in [-0.1, -0.05) is 0 Å². The summed E-state index contributed by atoms with van der Waals surface area (Å²) in [5.41, 5.74) is 0.541. The predicted molar refractivity (Wildman–Crippen MR) is 69.2 cm³/mol. The Labute approximate surface area is 106 Å². The topological polar surface area (TPSA) is 73.6 Å². The van der Waals surface area contributed by atoms with Crippen LogP contribution in [-0.4, -0.2) is 32.3 Å². The molecule has 0 amide bonds. The second-order valence-corrected chi connectivity index (χ2v) is 3.77. The van der Waals surface area contributed by atoms with E-state index >= 15 is 0 Å². The normalized spacial score (nSPS) is 10.1. The molecule has 1 aromatic rings. The van der Waals surface area contributed by atoms with Crippen molar-refractivity contribution in [2.75, 3.05) is 32.7 Å². The fourth-order valence-electron chi connectivity index (χ4n) is 1.53. The lowest BCUT2D eigenvalue weighted by atomic mass is 10.2. The molecule has 0 aliphatic rings. The number of anilines is 1. The van der Waals surface area contributed by atoms with Gasteiger partial charge in [0.15, 0.2) is 0 Å². The van der Waals surface area contributed by atoms with Crippen LogP contribution in [0.3, 0.4) is 0 Å². The van der Waals surface area contributed by atoms with E-state index < -0.39 is 4.92 Å². The Morgan fingerprint density at radius 2 is 2.11 bits per heavy atom. The minimum absolute atomic E-state index is 0.0288. The smallest absolute Gasteiger partial charge is 0.296 e. The fourth-order valence-corrected chi connectivity index (χ4v) is 1.53. The molecule has 18 heavy (non-hydrogen) atoms. The zero-order valence-electron chi connectivity index (χ0n) is 10.6. The lowest BCUT2D eigenvalue weighted by molar-refractivity contribution is -0.384. The highest BCUT2D eigenvalue weighted by molar-refractivity contribution is 5.63. The van der Waals surface area contributed by atoms with Crippen LogP contribution in [-0.2, 0) is 4.74 Å². The van der Waals surface area contributed by atoms with Crippen LogP contribution in [0.5, 0.6) is 5.75 Å². The van der Waals surface area contributed by atoms with Gasteiger partial charge in [-0.2, -0.15) is 0 Å². The number of rotatable bonds is 8. The van der Waals surface area contributed by atoms with E-state index in [4.69, 9.17) is 9.47 Å². The summed E-state index contributed by atoms with van der Waals surface area (Å²) in [6.07, 6.45) is 1.82. The molecule has 6 nitrogen and oxygen atoms in total. The summed E-state index contributed by atoms with van der Waals surface area (Å²) in [6, 6.07) is 4.77. The molecular weight excluding hydrogens is 236 g/mol. The third kappa shape index (κ3) is 4.21. The number of ether oxygens (including phenoxy) is 2. The molecule has 0 saturated carbocycles. The molecule has 0 radical (unpaired) electrons. The Hall–Kier alpha value is -1.82. The molecule has 1 aromatic carbocycles. The summed E-state index contributed by atoms with van der Waals surface area (Å²) >= 11 is 0. The Balaban J connectivity index is 2.61. The van der Waals surface area contributed by atoms with Crippen LogP contribution in [0.2, 0.25) is 0 Å². The first-order valence-corrected chi connectivity index (χ1v) is 5.74. The molecule has 1 N–H and O–H groups in total. The minimum atomic E-state index is -0.417. The van der Waals surface area contributed by atoms with E-state index in [9.17, 15) is 10.1 Å². The predicted octanol–water partition coefficient (Wildman–Crippen LogP) is 2.44. The van der Waals surface area contributed by atoms with Crippen molar-refractivity contribution in [3.63, 3.8) is 0 Å². The third-order valence-corrected chi connectivity index (χ3v) is 2.49. The number of nitro groups is 1. The molecule has 100 valence electrons. The van der Waals surface area contributed by atoms with Gasteiger partial charge in [0.05, 0.1) is 18.1 Å². The Morgan fingerprint density at radius 3 is 2.72 bits per heavy atom. The molecule has 0 unspecified atom stereocenters. The monoisotopic (exact) mass is 254 g/mol. The average Bonchev–Trinajstić information content (AvgIpc) is 2.38. The lowest BCUT2D eigenvalue weighted by Gasteiger charge is -2.08. The molecule has 0 aromatic heterocycles. The summed E-state index contributed by atoms with van der Waals surface area (Å²) in [6.45, 7) is 1.38. The third-order valence-electron chi connectivity index (χ3n) is 2.49. The van der Waals surface area contributed by atoms with Crippen molar-refractivity contribution in [3.8, 4) is 5.75 Å². The van der Waals surface area contributed by atoms with E-state index in [1.807, 2.05) is 0 Å². The Bertz CT molecular complexity index is 396. The second kappa shape index (κ2) is 7.50. The zero-order valence-corrected chi connectivity index (χ0v) is 10.6. The number of nitrogens with one attached hydrogen (secondary N) is 1. The van der Waals surface area contributed by atoms with Crippen LogP contribution in [0.1, 0.15) is 12.8 Å². The molecule has 0 aliphatic carbocycles. The van der Waals surface area contributed by atoms with Crippen LogP contribution < -0.4 is 10.1 Å². The highest BCUT2D eigenvalue weighted by Crippen LogP contribution is 2.28. The lowest BCUT2D eigenvalue weighted by Crippen LogP contribution is -2.05. The maximum atomic E-state index is 10.9. The summed E-state index contributed by atoms with van der Waals surface area (Å²) in [4.78, 5) is 10.5. The molecule has 0 bridgehead atoms. The van der Waals surface area contributed by atoms with Gasteiger partial charge in [-0.25, -0.2) is 0 Å².